The van der Waals surface area contributed by atoms with Crippen molar-refractivity contribution in [2.45, 2.75) is 6.92 Å². The van der Waals surface area contributed by atoms with Gasteiger partial charge in [0, 0.05) is 12.1 Å². The van der Waals surface area contributed by atoms with Crippen LogP contribution in [-0.2, 0) is 4.74 Å². The van der Waals surface area contributed by atoms with E-state index in [4.69, 9.17) is 4.74 Å². The van der Waals surface area contributed by atoms with Gasteiger partial charge in [-0.25, -0.2) is 0 Å². The average molecular weight is 232 g/mol. The van der Waals surface area contributed by atoms with Crippen molar-refractivity contribution in [2.24, 2.45) is 0 Å². The van der Waals surface area contributed by atoms with E-state index in [1.54, 1.807) is 31.5 Å². The van der Waals surface area contributed by atoms with E-state index in [9.17, 15) is 4.79 Å². The van der Waals surface area contributed by atoms with Crippen molar-refractivity contribution in [2.75, 3.05) is 6.61 Å². The van der Waals surface area contributed by atoms with E-state index in [0.29, 0.717) is 6.61 Å². The molecule has 0 amide bonds. The molecule has 0 saturated heterocycles. The van der Waals surface area contributed by atoms with Gasteiger partial charge in [-0.3, -0.25) is 0 Å². The van der Waals surface area contributed by atoms with Gasteiger partial charge in [0.05, 0.1) is 6.61 Å². The van der Waals surface area contributed by atoms with Crippen molar-refractivity contribution in [3.05, 3.63) is 30.6 Å². The maximum atomic E-state index is 11.0. The highest BCUT2D eigenvalue weighted by Crippen LogP contribution is 1.79. The van der Waals surface area contributed by atoms with Crippen molar-refractivity contribution in [3.63, 3.8) is 0 Å². The van der Waals surface area contributed by atoms with Gasteiger partial charge in [-0.2, -0.15) is 4.79 Å². The molecule has 0 spiro atoms. The molecule has 0 unspecified atom stereocenters. The lowest BCUT2D eigenvalue weighted by molar-refractivity contribution is -0.586. The Balaban J connectivity index is 0.00000121. The fourth-order valence-electron chi connectivity index (χ4n) is 0.718. The molecule has 1 heterocycles. The van der Waals surface area contributed by atoms with Crippen LogP contribution < -0.4 is 21.5 Å². The van der Waals surface area contributed by atoms with Gasteiger partial charge < -0.3 is 21.7 Å². The van der Waals surface area contributed by atoms with Crippen LogP contribution in [0.1, 0.15) is 6.92 Å². The Hall–Kier alpha value is -0.900. The molecular weight excluding hydrogens is 222 g/mol. The molecule has 0 bridgehead atoms. The van der Waals surface area contributed by atoms with E-state index in [1.165, 1.54) is 4.57 Å². The number of carbonyl (C=O) groups is 1. The summed E-state index contributed by atoms with van der Waals surface area (Å²) in [6.45, 7) is 2.18. The van der Waals surface area contributed by atoms with Crippen LogP contribution >= 0.6 is 0 Å². The Morgan fingerprint density at radius 2 is 1.92 bits per heavy atom. The Morgan fingerprint density at radius 1 is 1.33 bits per heavy atom. The fourth-order valence-corrected chi connectivity index (χ4v) is 0.718. The van der Waals surface area contributed by atoms with E-state index in [2.05, 4.69) is 0 Å². The van der Waals surface area contributed by atoms with Gasteiger partial charge in [-0.15, -0.1) is 0 Å². The van der Waals surface area contributed by atoms with Crippen LogP contribution in [0.15, 0.2) is 30.6 Å². The predicted octanol–water partition coefficient (Wildman–Crippen LogP) is -2.02. The molecule has 0 radical (unpaired) electrons. The van der Waals surface area contributed by atoms with E-state index < -0.39 is 0 Å². The number of rotatable bonds is 1. The molecule has 1 rings (SSSR count). The first kappa shape index (κ1) is 11.1. The number of carbonyl (C=O) groups excluding carboxylic acids is 1. The smallest absolute Gasteiger partial charge is 0.601 e. The van der Waals surface area contributed by atoms with E-state index in [-0.39, 0.29) is 23.1 Å². The lowest BCUT2D eigenvalue weighted by Gasteiger charge is -1.92. The number of halogens is 1. The summed E-state index contributed by atoms with van der Waals surface area (Å²) in [4.78, 5) is 11.0. The van der Waals surface area contributed by atoms with Gasteiger partial charge in [0.15, 0.2) is 12.4 Å². The number of hydrogen-bond donors (Lipinski definition) is 0. The maximum Gasteiger partial charge on any atom is 0.601 e. The lowest BCUT2D eigenvalue weighted by Crippen LogP contribution is -3.00. The molecule has 4 heteroatoms. The molecule has 0 fully saturated rings. The SMILES string of the molecule is CCOC(=O)[n+]1ccccc1.[Br-]. The number of ether oxygens (including phenoxy) is 1. The minimum atomic E-state index is -0.340. The topological polar surface area (TPSA) is 30.2 Å². The average Bonchev–Trinajstić information content (AvgIpc) is 2.07. The van der Waals surface area contributed by atoms with Crippen molar-refractivity contribution >= 4 is 6.09 Å². The summed E-state index contributed by atoms with van der Waals surface area (Å²) < 4.78 is 6.14. The van der Waals surface area contributed by atoms with Crippen LogP contribution in [0, 0.1) is 0 Å². The van der Waals surface area contributed by atoms with Gasteiger partial charge >= 0.3 is 6.09 Å². The van der Waals surface area contributed by atoms with Crippen molar-refractivity contribution in [3.8, 4) is 0 Å². The van der Waals surface area contributed by atoms with Crippen LogP contribution in [0.4, 0.5) is 4.79 Å². The summed E-state index contributed by atoms with van der Waals surface area (Å²) in [6.07, 6.45) is 2.96. The van der Waals surface area contributed by atoms with Crippen LogP contribution in [0.2, 0.25) is 0 Å². The Labute approximate surface area is 81.7 Å². The predicted molar refractivity (Wildman–Crippen MR) is 39.1 cm³/mol. The van der Waals surface area contributed by atoms with Gasteiger partial charge in [-0.1, -0.05) is 10.6 Å². The zero-order valence-corrected chi connectivity index (χ0v) is 8.32. The van der Waals surface area contributed by atoms with Crippen molar-refractivity contribution in [1.29, 1.82) is 0 Å². The second kappa shape index (κ2) is 5.71. The highest BCUT2D eigenvalue weighted by molar-refractivity contribution is 5.56. The van der Waals surface area contributed by atoms with Crippen LogP contribution in [0.25, 0.3) is 0 Å². The molecule has 66 valence electrons. The fraction of sp³-hybridized carbons (Fsp3) is 0.250. The van der Waals surface area contributed by atoms with E-state index in [1.807, 2.05) is 6.07 Å². The first-order valence-electron chi connectivity index (χ1n) is 3.48. The summed E-state index contributed by atoms with van der Waals surface area (Å²) >= 11 is 0. The van der Waals surface area contributed by atoms with Crippen molar-refractivity contribution < 1.29 is 31.1 Å². The zero-order valence-electron chi connectivity index (χ0n) is 6.74. The molecule has 1 aromatic rings. The quantitative estimate of drug-likeness (QED) is 0.523. The standard InChI is InChI=1S/C8H10NO2.BrH/c1-2-11-8(10)9-6-4-3-5-7-9;/h3-7H,2H2,1H3;1H/q+1;/p-1. The highest BCUT2D eigenvalue weighted by Gasteiger charge is 2.12. The first-order chi connectivity index (χ1) is 5.34. The molecule has 0 atom stereocenters. The normalized spacial score (nSPS) is 8.42. The van der Waals surface area contributed by atoms with Crippen LogP contribution in [0.5, 0.6) is 0 Å². The second-order valence-electron chi connectivity index (χ2n) is 1.98. The van der Waals surface area contributed by atoms with E-state index >= 15 is 0 Å². The number of aromatic nitrogens is 1. The molecule has 0 saturated carbocycles. The maximum absolute atomic E-state index is 11.0. The van der Waals surface area contributed by atoms with Gasteiger partial charge in [0.2, 0.25) is 0 Å². The van der Waals surface area contributed by atoms with Crippen LogP contribution in [0.3, 0.4) is 0 Å². The first-order valence-corrected chi connectivity index (χ1v) is 3.48. The summed E-state index contributed by atoms with van der Waals surface area (Å²) in [5.41, 5.74) is 0. The third kappa shape index (κ3) is 3.00. The number of nitrogens with zero attached hydrogens (tertiary/aromatic N) is 1. The number of pyridine rings is 1. The monoisotopic (exact) mass is 231 g/mol. The van der Waals surface area contributed by atoms with Gasteiger partial charge in [0.25, 0.3) is 0 Å². The summed E-state index contributed by atoms with van der Waals surface area (Å²) in [7, 11) is 0. The molecule has 3 nitrogen and oxygen atoms in total. The van der Waals surface area contributed by atoms with Gasteiger partial charge in [0.1, 0.15) is 0 Å². The molecule has 12 heavy (non-hydrogen) atoms. The second-order valence-corrected chi connectivity index (χ2v) is 1.98. The summed E-state index contributed by atoms with van der Waals surface area (Å²) in [6, 6.07) is 5.39. The largest absolute Gasteiger partial charge is 1.00 e. The summed E-state index contributed by atoms with van der Waals surface area (Å²) in [5, 5.41) is 0. The molecule has 0 aliphatic heterocycles. The molecule has 1 aromatic heterocycles. The van der Waals surface area contributed by atoms with E-state index in [0.717, 1.165) is 0 Å². The minimum absolute atomic E-state index is 0. The summed E-state index contributed by atoms with van der Waals surface area (Å²) in [5.74, 6) is 0. The molecule has 0 aromatic carbocycles. The Kier molecular flexibility index (Phi) is 5.28. The molecule has 0 aliphatic rings. The number of hydrogen-bond acceptors (Lipinski definition) is 2. The highest BCUT2D eigenvalue weighted by atomic mass is 79.9. The molecule has 0 N–H and O–H groups in total. The minimum Gasteiger partial charge on any atom is -1.00 e. The zero-order chi connectivity index (χ0) is 8.10. The molecule has 0 aliphatic carbocycles. The lowest BCUT2D eigenvalue weighted by atomic mass is 10.5. The third-order valence-electron chi connectivity index (χ3n) is 1.19. The Morgan fingerprint density at radius 3 is 2.42 bits per heavy atom. The Bertz CT molecular complexity index is 238. The van der Waals surface area contributed by atoms with Gasteiger partial charge in [-0.05, 0) is 6.92 Å². The third-order valence-corrected chi connectivity index (χ3v) is 1.19. The van der Waals surface area contributed by atoms with Crippen molar-refractivity contribution in [1.82, 2.24) is 0 Å². The molecular formula is C8H10BrNO2. The van der Waals surface area contributed by atoms with Crippen LogP contribution in [-0.4, -0.2) is 12.7 Å².